The summed E-state index contributed by atoms with van der Waals surface area (Å²) in [6.45, 7) is 5.14. The first kappa shape index (κ1) is 15.1. The Morgan fingerprint density at radius 3 is 2.47 bits per heavy atom. The molecule has 0 fully saturated rings. The van der Waals surface area contributed by atoms with E-state index in [1.165, 1.54) is 0 Å². The van der Waals surface area contributed by atoms with Gasteiger partial charge >= 0.3 is 5.97 Å². The van der Waals surface area contributed by atoms with Crippen LogP contribution in [0.3, 0.4) is 0 Å². The van der Waals surface area contributed by atoms with Gasteiger partial charge in [-0.15, -0.1) is 0 Å². The molecule has 1 amide bonds. The smallest absolute Gasteiger partial charge is 0.307 e. The van der Waals surface area contributed by atoms with Crippen molar-refractivity contribution in [1.82, 2.24) is 9.88 Å². The summed E-state index contributed by atoms with van der Waals surface area (Å²) in [5.41, 5.74) is 0.590. The molecule has 0 aliphatic carbocycles. The quantitative estimate of drug-likeness (QED) is 0.706. The van der Waals surface area contributed by atoms with E-state index in [4.69, 9.17) is 4.74 Å². The molecule has 5 heteroatoms. The zero-order valence-electron chi connectivity index (χ0n) is 11.5. The molecule has 1 heterocycles. The van der Waals surface area contributed by atoms with E-state index in [0.29, 0.717) is 25.3 Å². The van der Waals surface area contributed by atoms with Crippen LogP contribution in [0.5, 0.6) is 0 Å². The normalized spacial score (nSPS) is 10.0. The number of carbonyl (C=O) groups excluding carboxylic acids is 2. The van der Waals surface area contributed by atoms with Gasteiger partial charge in [-0.3, -0.25) is 14.6 Å². The van der Waals surface area contributed by atoms with Crippen molar-refractivity contribution >= 4 is 11.9 Å². The summed E-state index contributed by atoms with van der Waals surface area (Å²) in [5, 5.41) is 0. The van der Waals surface area contributed by atoms with Crippen molar-refractivity contribution in [2.45, 2.75) is 26.7 Å². The third kappa shape index (κ3) is 5.07. The second-order valence-electron chi connectivity index (χ2n) is 4.08. The average molecular weight is 264 g/mol. The van der Waals surface area contributed by atoms with Gasteiger partial charge in [-0.05, 0) is 25.5 Å². The van der Waals surface area contributed by atoms with Crippen LogP contribution in [0.2, 0.25) is 0 Å². The van der Waals surface area contributed by atoms with E-state index in [9.17, 15) is 9.59 Å². The number of amides is 1. The Bertz CT molecular complexity index is 406. The molecule has 1 rings (SSSR count). The van der Waals surface area contributed by atoms with Crippen LogP contribution in [0.4, 0.5) is 0 Å². The predicted octanol–water partition coefficient (Wildman–Crippen LogP) is 1.89. The number of pyridine rings is 1. The maximum Gasteiger partial charge on any atom is 0.307 e. The molecular weight excluding hydrogens is 244 g/mol. The van der Waals surface area contributed by atoms with Gasteiger partial charge in [0, 0.05) is 31.0 Å². The molecule has 0 saturated heterocycles. The van der Waals surface area contributed by atoms with E-state index < -0.39 is 0 Å². The number of carbonyl (C=O) groups is 2. The monoisotopic (exact) mass is 264 g/mol. The first-order valence-corrected chi connectivity index (χ1v) is 6.54. The molecule has 0 spiro atoms. The summed E-state index contributed by atoms with van der Waals surface area (Å²) in [6, 6.07) is 3.35. The van der Waals surface area contributed by atoms with Gasteiger partial charge in [0.05, 0.1) is 13.0 Å². The Morgan fingerprint density at radius 1 is 1.21 bits per heavy atom. The van der Waals surface area contributed by atoms with Crippen LogP contribution in [-0.2, 0) is 9.53 Å². The van der Waals surface area contributed by atoms with Crippen LogP contribution in [0.15, 0.2) is 24.5 Å². The van der Waals surface area contributed by atoms with Crippen molar-refractivity contribution in [1.29, 1.82) is 0 Å². The number of esters is 1. The fourth-order valence-corrected chi connectivity index (χ4v) is 1.72. The van der Waals surface area contributed by atoms with Crippen molar-refractivity contribution in [2.75, 3.05) is 19.7 Å². The number of hydrogen-bond donors (Lipinski definition) is 0. The molecule has 0 unspecified atom stereocenters. The molecule has 0 N–H and O–H groups in total. The van der Waals surface area contributed by atoms with Gasteiger partial charge in [-0.1, -0.05) is 6.92 Å². The van der Waals surface area contributed by atoms with Crippen LogP contribution in [0, 0.1) is 0 Å². The van der Waals surface area contributed by atoms with Crippen LogP contribution < -0.4 is 0 Å². The van der Waals surface area contributed by atoms with Crippen molar-refractivity contribution < 1.29 is 14.3 Å². The maximum atomic E-state index is 12.3. The fourth-order valence-electron chi connectivity index (χ4n) is 1.72. The second kappa shape index (κ2) is 8.24. The molecule has 0 aliphatic heterocycles. The van der Waals surface area contributed by atoms with Gasteiger partial charge in [-0.2, -0.15) is 0 Å². The van der Waals surface area contributed by atoms with Crippen molar-refractivity contribution in [3.8, 4) is 0 Å². The topological polar surface area (TPSA) is 59.5 Å². The third-order valence-corrected chi connectivity index (χ3v) is 2.60. The van der Waals surface area contributed by atoms with Crippen molar-refractivity contribution in [2.24, 2.45) is 0 Å². The highest BCUT2D eigenvalue weighted by Gasteiger charge is 2.16. The van der Waals surface area contributed by atoms with E-state index in [1.807, 2.05) is 6.92 Å². The Balaban J connectivity index is 2.61. The van der Waals surface area contributed by atoms with Gasteiger partial charge < -0.3 is 9.64 Å². The molecule has 5 nitrogen and oxygen atoms in total. The molecule has 1 aromatic heterocycles. The fraction of sp³-hybridized carbons (Fsp3) is 0.500. The molecule has 0 saturated carbocycles. The Labute approximate surface area is 113 Å². The molecular formula is C14H20N2O3. The highest BCUT2D eigenvalue weighted by molar-refractivity contribution is 5.94. The van der Waals surface area contributed by atoms with Crippen LogP contribution in [-0.4, -0.2) is 41.5 Å². The van der Waals surface area contributed by atoms with Crippen LogP contribution >= 0.6 is 0 Å². The lowest BCUT2D eigenvalue weighted by Gasteiger charge is -2.21. The van der Waals surface area contributed by atoms with Gasteiger partial charge in [0.1, 0.15) is 0 Å². The summed E-state index contributed by atoms with van der Waals surface area (Å²) in [7, 11) is 0. The summed E-state index contributed by atoms with van der Waals surface area (Å²) in [5.74, 6) is -0.348. The minimum absolute atomic E-state index is 0.0754. The minimum Gasteiger partial charge on any atom is -0.466 e. The Kier molecular flexibility index (Phi) is 6.57. The first-order chi connectivity index (χ1) is 9.19. The predicted molar refractivity (Wildman–Crippen MR) is 71.7 cm³/mol. The number of nitrogens with zero attached hydrogens (tertiary/aromatic N) is 2. The van der Waals surface area contributed by atoms with E-state index in [1.54, 1.807) is 36.4 Å². The largest absolute Gasteiger partial charge is 0.466 e. The first-order valence-electron chi connectivity index (χ1n) is 6.54. The van der Waals surface area contributed by atoms with E-state index in [0.717, 1.165) is 6.42 Å². The van der Waals surface area contributed by atoms with Crippen molar-refractivity contribution in [3.63, 3.8) is 0 Å². The third-order valence-electron chi connectivity index (χ3n) is 2.60. The number of hydrogen-bond acceptors (Lipinski definition) is 4. The van der Waals surface area contributed by atoms with E-state index in [2.05, 4.69) is 4.98 Å². The Morgan fingerprint density at radius 2 is 1.89 bits per heavy atom. The molecule has 0 radical (unpaired) electrons. The van der Waals surface area contributed by atoms with E-state index >= 15 is 0 Å². The lowest BCUT2D eigenvalue weighted by molar-refractivity contribution is -0.143. The summed E-state index contributed by atoms with van der Waals surface area (Å²) in [6.07, 6.45) is 4.25. The second-order valence-corrected chi connectivity index (χ2v) is 4.08. The zero-order valence-corrected chi connectivity index (χ0v) is 11.5. The summed E-state index contributed by atoms with van der Waals surface area (Å²) in [4.78, 5) is 29.2. The van der Waals surface area contributed by atoms with E-state index in [-0.39, 0.29) is 18.3 Å². The molecule has 0 bridgehead atoms. The summed E-state index contributed by atoms with van der Waals surface area (Å²) >= 11 is 0. The molecule has 19 heavy (non-hydrogen) atoms. The maximum absolute atomic E-state index is 12.3. The highest BCUT2D eigenvalue weighted by atomic mass is 16.5. The standard InChI is InChI=1S/C14H20N2O3/c1-3-10-16(11-7-13(17)19-4-2)14(18)12-5-8-15-9-6-12/h5-6,8-9H,3-4,7,10-11H2,1-2H3. The van der Waals surface area contributed by atoms with Gasteiger partial charge in [0.15, 0.2) is 0 Å². The average Bonchev–Trinajstić information content (AvgIpc) is 2.44. The minimum atomic E-state index is -0.272. The lowest BCUT2D eigenvalue weighted by Crippen LogP contribution is -2.34. The summed E-state index contributed by atoms with van der Waals surface area (Å²) < 4.78 is 4.87. The lowest BCUT2D eigenvalue weighted by atomic mass is 10.2. The van der Waals surface area contributed by atoms with Crippen molar-refractivity contribution in [3.05, 3.63) is 30.1 Å². The van der Waals surface area contributed by atoms with Gasteiger partial charge in [0.25, 0.3) is 5.91 Å². The molecule has 0 atom stereocenters. The number of aromatic nitrogens is 1. The van der Waals surface area contributed by atoms with Crippen LogP contribution in [0.1, 0.15) is 37.0 Å². The highest BCUT2D eigenvalue weighted by Crippen LogP contribution is 2.05. The number of ether oxygens (including phenoxy) is 1. The van der Waals surface area contributed by atoms with Gasteiger partial charge in [0.2, 0.25) is 0 Å². The molecule has 0 aromatic carbocycles. The Hall–Kier alpha value is -1.91. The zero-order chi connectivity index (χ0) is 14.1. The van der Waals surface area contributed by atoms with Crippen LogP contribution in [0.25, 0.3) is 0 Å². The van der Waals surface area contributed by atoms with Gasteiger partial charge in [-0.25, -0.2) is 0 Å². The number of rotatable bonds is 7. The molecule has 0 aliphatic rings. The molecule has 1 aromatic rings. The molecule has 104 valence electrons. The SMILES string of the molecule is CCCN(CCC(=O)OCC)C(=O)c1ccncc1.